The van der Waals surface area contributed by atoms with Crippen molar-refractivity contribution in [2.75, 3.05) is 38.6 Å². The molecule has 0 radical (unpaired) electrons. The van der Waals surface area contributed by atoms with Crippen LogP contribution in [0.1, 0.15) is 32.1 Å². The Labute approximate surface area is 144 Å². The highest BCUT2D eigenvalue weighted by atomic mass is 35.5. The molecule has 1 amide bonds. The van der Waals surface area contributed by atoms with Gasteiger partial charge in [-0.25, -0.2) is 12.7 Å². The van der Waals surface area contributed by atoms with Gasteiger partial charge in [0.2, 0.25) is 15.9 Å². The molecule has 0 aromatic rings. The predicted octanol–water partition coefficient (Wildman–Crippen LogP) is 0.678. The predicted molar refractivity (Wildman–Crippen MR) is 90.0 cm³/mol. The number of carbonyl (C=O) groups is 1. The molecule has 6 nitrogen and oxygen atoms in total. The number of alkyl halides is 1. The molecule has 0 saturated carbocycles. The number of rotatable bonds is 7. The molecule has 2 atom stereocenters. The van der Waals surface area contributed by atoms with Crippen molar-refractivity contribution < 1.29 is 17.6 Å². The molecule has 0 spiro atoms. The van der Waals surface area contributed by atoms with Crippen molar-refractivity contribution in [2.24, 2.45) is 5.92 Å². The number of hydrogen-bond acceptors (Lipinski definition) is 4. The van der Waals surface area contributed by atoms with E-state index in [-0.39, 0.29) is 42.4 Å². The van der Waals surface area contributed by atoms with Crippen LogP contribution in [0.2, 0.25) is 0 Å². The molecule has 2 heterocycles. The normalized spacial score (nSPS) is 25.8. The van der Waals surface area contributed by atoms with E-state index in [0.717, 1.165) is 32.2 Å². The molecule has 0 bridgehead atoms. The average molecular weight is 372 g/mol. The summed E-state index contributed by atoms with van der Waals surface area (Å²) in [7, 11) is -3.36. The summed E-state index contributed by atoms with van der Waals surface area (Å²) in [6.07, 6.45) is 3.63. The third kappa shape index (κ3) is 6.17. The molecular formula is C14H27ClFN3O3S. The Morgan fingerprint density at radius 3 is 2.74 bits per heavy atom. The molecule has 2 saturated heterocycles. The van der Waals surface area contributed by atoms with Crippen LogP contribution in [0.5, 0.6) is 0 Å². The van der Waals surface area contributed by atoms with Crippen molar-refractivity contribution in [1.82, 2.24) is 14.9 Å². The topological polar surface area (TPSA) is 78.5 Å². The minimum absolute atomic E-state index is 0. The van der Waals surface area contributed by atoms with E-state index in [0.29, 0.717) is 19.6 Å². The molecule has 0 aromatic carbocycles. The summed E-state index contributed by atoms with van der Waals surface area (Å²) >= 11 is 0. The molecule has 2 aliphatic rings. The van der Waals surface area contributed by atoms with Crippen LogP contribution in [0.3, 0.4) is 0 Å². The van der Waals surface area contributed by atoms with Gasteiger partial charge in [-0.05, 0) is 44.6 Å². The number of amides is 1. The maximum absolute atomic E-state index is 12.2. The molecule has 2 rings (SSSR count). The third-order valence-corrected chi connectivity index (χ3v) is 6.28. The number of nitrogens with one attached hydrogen (secondary N) is 2. The Kier molecular flexibility index (Phi) is 8.74. The Morgan fingerprint density at radius 2 is 2.09 bits per heavy atom. The molecular weight excluding hydrogens is 345 g/mol. The second-order valence-electron chi connectivity index (χ2n) is 6.12. The van der Waals surface area contributed by atoms with E-state index in [1.807, 2.05) is 0 Å². The Morgan fingerprint density at radius 1 is 1.30 bits per heavy atom. The molecule has 0 aromatic heterocycles. The minimum atomic E-state index is -3.36. The number of sulfonamides is 1. The summed E-state index contributed by atoms with van der Waals surface area (Å²) in [6, 6.07) is -0.104. The van der Waals surface area contributed by atoms with Crippen molar-refractivity contribution >= 4 is 28.3 Å². The van der Waals surface area contributed by atoms with Crippen LogP contribution in [-0.4, -0.2) is 63.3 Å². The zero-order chi connectivity index (χ0) is 16.0. The number of halogens is 2. The van der Waals surface area contributed by atoms with E-state index >= 15 is 0 Å². The SMILES string of the molecule is Cl.O=C(NCC1CCCN(S(=O)(=O)CCCF)C1)C1CCCN1. The number of piperidine rings is 1. The molecule has 136 valence electrons. The third-order valence-electron chi connectivity index (χ3n) is 4.35. The lowest BCUT2D eigenvalue weighted by Crippen LogP contribution is -2.47. The van der Waals surface area contributed by atoms with Gasteiger partial charge in [-0.3, -0.25) is 9.18 Å². The van der Waals surface area contributed by atoms with Gasteiger partial charge in [0.05, 0.1) is 18.5 Å². The maximum Gasteiger partial charge on any atom is 0.237 e. The first-order chi connectivity index (χ1) is 10.5. The van der Waals surface area contributed by atoms with E-state index in [9.17, 15) is 17.6 Å². The Hall–Kier alpha value is -0.440. The van der Waals surface area contributed by atoms with Crippen molar-refractivity contribution in [2.45, 2.75) is 38.1 Å². The van der Waals surface area contributed by atoms with E-state index in [4.69, 9.17) is 0 Å². The average Bonchev–Trinajstić information content (AvgIpc) is 3.05. The monoisotopic (exact) mass is 371 g/mol. The maximum atomic E-state index is 12.2. The van der Waals surface area contributed by atoms with Gasteiger partial charge in [-0.15, -0.1) is 12.4 Å². The van der Waals surface area contributed by atoms with Crippen LogP contribution in [-0.2, 0) is 14.8 Å². The summed E-state index contributed by atoms with van der Waals surface area (Å²) in [5, 5.41) is 6.07. The zero-order valence-corrected chi connectivity index (χ0v) is 14.9. The summed E-state index contributed by atoms with van der Waals surface area (Å²) in [6.45, 7) is 1.70. The van der Waals surface area contributed by atoms with Crippen LogP contribution in [0.25, 0.3) is 0 Å². The molecule has 2 unspecified atom stereocenters. The van der Waals surface area contributed by atoms with Gasteiger partial charge in [-0.2, -0.15) is 0 Å². The van der Waals surface area contributed by atoms with Gasteiger partial charge in [0.25, 0.3) is 0 Å². The fraction of sp³-hybridized carbons (Fsp3) is 0.929. The van der Waals surface area contributed by atoms with E-state index in [1.54, 1.807) is 0 Å². The van der Waals surface area contributed by atoms with Crippen LogP contribution in [0.4, 0.5) is 4.39 Å². The van der Waals surface area contributed by atoms with Crippen LogP contribution < -0.4 is 10.6 Å². The molecule has 2 fully saturated rings. The van der Waals surface area contributed by atoms with Crippen LogP contribution >= 0.6 is 12.4 Å². The van der Waals surface area contributed by atoms with E-state index in [2.05, 4.69) is 10.6 Å². The zero-order valence-electron chi connectivity index (χ0n) is 13.3. The van der Waals surface area contributed by atoms with Crippen LogP contribution in [0.15, 0.2) is 0 Å². The van der Waals surface area contributed by atoms with Crippen molar-refractivity contribution in [3.8, 4) is 0 Å². The number of hydrogen-bond donors (Lipinski definition) is 2. The highest BCUT2D eigenvalue weighted by Crippen LogP contribution is 2.19. The summed E-state index contributed by atoms with van der Waals surface area (Å²) in [5.74, 6) is 0.0170. The van der Waals surface area contributed by atoms with Crippen LogP contribution in [0, 0.1) is 5.92 Å². The lowest BCUT2D eigenvalue weighted by molar-refractivity contribution is -0.123. The van der Waals surface area contributed by atoms with Crippen molar-refractivity contribution in [3.05, 3.63) is 0 Å². The van der Waals surface area contributed by atoms with E-state index < -0.39 is 16.7 Å². The fourth-order valence-electron chi connectivity index (χ4n) is 3.09. The van der Waals surface area contributed by atoms with Gasteiger partial charge in [0, 0.05) is 19.6 Å². The quantitative estimate of drug-likeness (QED) is 0.689. The van der Waals surface area contributed by atoms with Gasteiger partial charge < -0.3 is 10.6 Å². The lowest BCUT2D eigenvalue weighted by Gasteiger charge is -2.32. The Bertz CT molecular complexity index is 472. The molecule has 0 aliphatic carbocycles. The summed E-state index contributed by atoms with van der Waals surface area (Å²) in [4.78, 5) is 12.0. The molecule has 23 heavy (non-hydrogen) atoms. The second-order valence-corrected chi connectivity index (χ2v) is 8.21. The largest absolute Gasteiger partial charge is 0.354 e. The van der Waals surface area contributed by atoms with Crippen molar-refractivity contribution in [3.63, 3.8) is 0 Å². The fourth-order valence-corrected chi connectivity index (χ4v) is 4.67. The molecule has 9 heteroatoms. The number of carbonyl (C=O) groups excluding carboxylic acids is 1. The molecule has 2 aliphatic heterocycles. The number of nitrogens with zero attached hydrogens (tertiary/aromatic N) is 1. The second kappa shape index (κ2) is 9.76. The molecule has 2 N–H and O–H groups in total. The first-order valence-electron chi connectivity index (χ1n) is 8.08. The lowest BCUT2D eigenvalue weighted by atomic mass is 9.99. The first-order valence-corrected chi connectivity index (χ1v) is 9.69. The van der Waals surface area contributed by atoms with Gasteiger partial charge in [-0.1, -0.05) is 0 Å². The van der Waals surface area contributed by atoms with Gasteiger partial charge >= 0.3 is 0 Å². The smallest absolute Gasteiger partial charge is 0.237 e. The standard InChI is InChI=1S/C14H26FN3O3S.ClH/c15-6-3-9-22(20,21)18-8-2-4-12(11-18)10-17-14(19)13-5-1-7-16-13;/h12-13,16H,1-11H2,(H,17,19);1H. The van der Waals surface area contributed by atoms with Gasteiger partial charge in [0.1, 0.15) is 0 Å². The summed E-state index contributed by atoms with van der Waals surface area (Å²) in [5.41, 5.74) is 0. The van der Waals surface area contributed by atoms with E-state index in [1.165, 1.54) is 4.31 Å². The highest BCUT2D eigenvalue weighted by molar-refractivity contribution is 7.89. The summed E-state index contributed by atoms with van der Waals surface area (Å²) < 4.78 is 37.8. The highest BCUT2D eigenvalue weighted by Gasteiger charge is 2.29. The Balaban J connectivity index is 0.00000264. The van der Waals surface area contributed by atoms with Gasteiger partial charge in [0.15, 0.2) is 0 Å². The van der Waals surface area contributed by atoms with Crippen molar-refractivity contribution in [1.29, 1.82) is 0 Å². The first kappa shape index (κ1) is 20.6. The minimum Gasteiger partial charge on any atom is -0.354 e.